The fourth-order valence-electron chi connectivity index (χ4n) is 2.95. The van der Waals surface area contributed by atoms with Gasteiger partial charge in [0.15, 0.2) is 0 Å². The monoisotopic (exact) mass is 271 g/mol. The Balaban J connectivity index is 2.20. The SMILES string of the molecule is CCNC1CCC(c2cc(Cl)ccc2Cl)C1C. The summed E-state index contributed by atoms with van der Waals surface area (Å²) in [5, 5.41) is 5.18. The van der Waals surface area contributed by atoms with Crippen LogP contribution in [-0.2, 0) is 0 Å². The summed E-state index contributed by atoms with van der Waals surface area (Å²) in [5.41, 5.74) is 1.21. The maximum absolute atomic E-state index is 6.29. The number of hydrogen-bond acceptors (Lipinski definition) is 1. The highest BCUT2D eigenvalue weighted by Gasteiger charge is 2.34. The summed E-state index contributed by atoms with van der Waals surface area (Å²) in [4.78, 5) is 0. The summed E-state index contributed by atoms with van der Waals surface area (Å²) in [6.07, 6.45) is 2.42. The second-order valence-electron chi connectivity index (χ2n) is 4.87. The van der Waals surface area contributed by atoms with E-state index in [2.05, 4.69) is 19.2 Å². The van der Waals surface area contributed by atoms with Gasteiger partial charge in [0.1, 0.15) is 0 Å². The standard InChI is InChI=1S/C14H19Cl2N/c1-3-17-14-7-5-11(9(14)2)12-8-10(15)4-6-13(12)16/h4,6,8-9,11,14,17H,3,5,7H2,1-2H3. The van der Waals surface area contributed by atoms with Gasteiger partial charge in [-0.2, -0.15) is 0 Å². The van der Waals surface area contributed by atoms with E-state index in [4.69, 9.17) is 23.2 Å². The Hall–Kier alpha value is -0.240. The molecule has 17 heavy (non-hydrogen) atoms. The van der Waals surface area contributed by atoms with Crippen molar-refractivity contribution in [2.75, 3.05) is 6.54 Å². The average molecular weight is 272 g/mol. The smallest absolute Gasteiger partial charge is 0.0441 e. The van der Waals surface area contributed by atoms with Gasteiger partial charge in [0.2, 0.25) is 0 Å². The maximum atomic E-state index is 6.29. The molecule has 0 aliphatic heterocycles. The van der Waals surface area contributed by atoms with Gasteiger partial charge in [-0.3, -0.25) is 0 Å². The molecule has 1 fully saturated rings. The lowest BCUT2D eigenvalue weighted by Crippen LogP contribution is -2.32. The Labute approximate surface area is 114 Å². The quantitative estimate of drug-likeness (QED) is 0.855. The molecule has 3 heteroatoms. The summed E-state index contributed by atoms with van der Waals surface area (Å²) in [5.74, 6) is 1.15. The molecule has 0 radical (unpaired) electrons. The highest BCUT2D eigenvalue weighted by atomic mass is 35.5. The molecule has 3 unspecified atom stereocenters. The zero-order valence-electron chi connectivity index (χ0n) is 10.3. The van der Waals surface area contributed by atoms with Gasteiger partial charge < -0.3 is 5.32 Å². The first kappa shape index (κ1) is 13.2. The van der Waals surface area contributed by atoms with E-state index < -0.39 is 0 Å². The lowest BCUT2D eigenvalue weighted by Gasteiger charge is -2.22. The molecule has 0 heterocycles. The van der Waals surface area contributed by atoms with Gasteiger partial charge in [0.05, 0.1) is 0 Å². The Morgan fingerprint density at radius 1 is 1.29 bits per heavy atom. The molecule has 0 spiro atoms. The number of nitrogens with one attached hydrogen (secondary N) is 1. The van der Waals surface area contributed by atoms with E-state index >= 15 is 0 Å². The summed E-state index contributed by atoms with van der Waals surface area (Å²) in [7, 11) is 0. The van der Waals surface area contributed by atoms with Crippen molar-refractivity contribution >= 4 is 23.2 Å². The Bertz CT molecular complexity index is 392. The molecule has 0 bridgehead atoms. The van der Waals surface area contributed by atoms with Gasteiger partial charge in [0, 0.05) is 16.1 Å². The molecule has 1 aromatic carbocycles. The second-order valence-corrected chi connectivity index (χ2v) is 5.72. The van der Waals surface area contributed by atoms with E-state index in [1.807, 2.05) is 18.2 Å². The number of benzene rings is 1. The first-order valence-electron chi connectivity index (χ1n) is 6.31. The van der Waals surface area contributed by atoms with Crippen LogP contribution in [0.25, 0.3) is 0 Å². The number of hydrogen-bond donors (Lipinski definition) is 1. The van der Waals surface area contributed by atoms with Gasteiger partial charge in [-0.15, -0.1) is 0 Å². The molecule has 1 aromatic rings. The zero-order valence-corrected chi connectivity index (χ0v) is 11.9. The lowest BCUT2D eigenvalue weighted by molar-refractivity contribution is 0.412. The van der Waals surface area contributed by atoms with Crippen LogP contribution in [0.3, 0.4) is 0 Å². The molecule has 0 saturated heterocycles. The van der Waals surface area contributed by atoms with Crippen LogP contribution in [0.1, 0.15) is 38.2 Å². The van der Waals surface area contributed by atoms with Gasteiger partial charge in [-0.1, -0.05) is 37.0 Å². The van der Waals surface area contributed by atoms with Crippen molar-refractivity contribution in [2.45, 2.75) is 38.6 Å². The molecule has 1 aliphatic carbocycles. The van der Waals surface area contributed by atoms with Crippen molar-refractivity contribution < 1.29 is 0 Å². The van der Waals surface area contributed by atoms with E-state index in [1.165, 1.54) is 18.4 Å². The maximum Gasteiger partial charge on any atom is 0.0441 e. The molecule has 0 amide bonds. The second kappa shape index (κ2) is 5.60. The summed E-state index contributed by atoms with van der Waals surface area (Å²) < 4.78 is 0. The summed E-state index contributed by atoms with van der Waals surface area (Å²) in [6, 6.07) is 6.40. The zero-order chi connectivity index (χ0) is 12.4. The van der Waals surface area contributed by atoms with E-state index in [0.29, 0.717) is 17.9 Å². The van der Waals surface area contributed by atoms with Crippen LogP contribution in [0, 0.1) is 5.92 Å². The molecule has 1 saturated carbocycles. The minimum Gasteiger partial charge on any atom is -0.314 e. The molecule has 0 aromatic heterocycles. The predicted molar refractivity (Wildman–Crippen MR) is 75.1 cm³/mol. The van der Waals surface area contributed by atoms with Crippen molar-refractivity contribution in [3.63, 3.8) is 0 Å². The first-order chi connectivity index (χ1) is 8.13. The van der Waals surface area contributed by atoms with E-state index in [9.17, 15) is 0 Å². The number of halogens is 2. The van der Waals surface area contributed by atoms with Gasteiger partial charge in [-0.05, 0) is 55.0 Å². The Morgan fingerprint density at radius 2 is 2.06 bits per heavy atom. The third kappa shape index (κ3) is 2.78. The minimum atomic E-state index is 0.533. The van der Waals surface area contributed by atoms with Gasteiger partial charge in [0.25, 0.3) is 0 Å². The summed E-state index contributed by atoms with van der Waals surface area (Å²) in [6.45, 7) is 5.50. The van der Waals surface area contributed by atoms with Crippen LogP contribution in [-0.4, -0.2) is 12.6 Å². The van der Waals surface area contributed by atoms with Gasteiger partial charge >= 0.3 is 0 Å². The fourth-order valence-corrected chi connectivity index (χ4v) is 3.39. The van der Waals surface area contributed by atoms with Crippen LogP contribution < -0.4 is 5.32 Å². The average Bonchev–Trinajstić information content (AvgIpc) is 2.65. The topological polar surface area (TPSA) is 12.0 Å². The van der Waals surface area contributed by atoms with Crippen LogP contribution >= 0.6 is 23.2 Å². The molecule has 1 nitrogen and oxygen atoms in total. The van der Waals surface area contributed by atoms with E-state index in [-0.39, 0.29) is 0 Å². The Morgan fingerprint density at radius 3 is 2.76 bits per heavy atom. The highest BCUT2D eigenvalue weighted by molar-refractivity contribution is 6.33. The van der Waals surface area contributed by atoms with Crippen molar-refractivity contribution in [3.8, 4) is 0 Å². The predicted octanol–water partition coefficient (Wildman–Crippen LogP) is 4.49. The van der Waals surface area contributed by atoms with Crippen molar-refractivity contribution in [1.29, 1.82) is 0 Å². The van der Waals surface area contributed by atoms with Crippen LogP contribution in [0.4, 0.5) is 0 Å². The number of rotatable bonds is 3. The van der Waals surface area contributed by atoms with Crippen molar-refractivity contribution in [3.05, 3.63) is 33.8 Å². The van der Waals surface area contributed by atoms with Crippen LogP contribution in [0.15, 0.2) is 18.2 Å². The highest BCUT2D eigenvalue weighted by Crippen LogP contribution is 2.42. The normalized spacial score (nSPS) is 28.6. The molecule has 1 aliphatic rings. The largest absolute Gasteiger partial charge is 0.314 e. The molecule has 94 valence electrons. The van der Waals surface area contributed by atoms with E-state index in [1.54, 1.807) is 0 Å². The molecular weight excluding hydrogens is 253 g/mol. The van der Waals surface area contributed by atoms with E-state index in [0.717, 1.165) is 16.6 Å². The summed E-state index contributed by atoms with van der Waals surface area (Å²) >= 11 is 12.4. The van der Waals surface area contributed by atoms with Crippen LogP contribution in [0.5, 0.6) is 0 Å². The molecule has 3 atom stereocenters. The van der Waals surface area contributed by atoms with Gasteiger partial charge in [-0.25, -0.2) is 0 Å². The Kier molecular flexibility index (Phi) is 4.35. The first-order valence-corrected chi connectivity index (χ1v) is 7.07. The molecule has 1 N–H and O–H groups in total. The fraction of sp³-hybridized carbons (Fsp3) is 0.571. The van der Waals surface area contributed by atoms with Crippen LogP contribution in [0.2, 0.25) is 10.0 Å². The van der Waals surface area contributed by atoms with Crippen molar-refractivity contribution in [1.82, 2.24) is 5.32 Å². The third-order valence-electron chi connectivity index (χ3n) is 3.88. The molecule has 2 rings (SSSR count). The third-order valence-corrected chi connectivity index (χ3v) is 4.46. The minimum absolute atomic E-state index is 0.533. The lowest BCUT2D eigenvalue weighted by atomic mass is 9.89. The molecular formula is C14H19Cl2N. The van der Waals surface area contributed by atoms with Crippen molar-refractivity contribution in [2.24, 2.45) is 5.92 Å².